The number of nitrogens with zero attached hydrogens (tertiary/aromatic N) is 3. The molecule has 1 N–H and O–H groups in total. The normalized spacial score (nSPS) is 17.3. The molecule has 0 spiro atoms. The van der Waals surface area contributed by atoms with Gasteiger partial charge in [-0.1, -0.05) is 18.2 Å². The smallest absolute Gasteiger partial charge is 0.341 e. The van der Waals surface area contributed by atoms with E-state index in [1.807, 2.05) is 30.5 Å². The molecule has 0 saturated carbocycles. The van der Waals surface area contributed by atoms with E-state index in [1.54, 1.807) is 23.2 Å². The Labute approximate surface area is 171 Å². The number of anilines is 1. The molecule has 2 aliphatic rings. The van der Waals surface area contributed by atoms with Crippen molar-refractivity contribution in [2.45, 2.75) is 24.4 Å². The van der Waals surface area contributed by atoms with Crippen LogP contribution in [0.25, 0.3) is 0 Å². The molecule has 0 atom stereocenters. The fourth-order valence-corrected chi connectivity index (χ4v) is 3.69. The maximum Gasteiger partial charge on any atom is 0.397 e. The minimum absolute atomic E-state index is 0.0163. The van der Waals surface area contributed by atoms with Gasteiger partial charge in [0.1, 0.15) is 6.42 Å². The van der Waals surface area contributed by atoms with Gasteiger partial charge >= 0.3 is 12.2 Å². The van der Waals surface area contributed by atoms with Crippen LogP contribution in [0.1, 0.15) is 29.4 Å². The number of alkyl halides is 3. The number of carbonyl (C=O) groups excluding carboxylic acids is 2. The summed E-state index contributed by atoms with van der Waals surface area (Å²) in [7, 11) is 0. The van der Waals surface area contributed by atoms with Crippen molar-refractivity contribution in [3.8, 4) is 0 Å². The predicted molar refractivity (Wildman–Crippen MR) is 104 cm³/mol. The van der Waals surface area contributed by atoms with Crippen LogP contribution in [0.4, 0.5) is 23.7 Å². The summed E-state index contributed by atoms with van der Waals surface area (Å²) in [6, 6.07) is 10.9. The first-order valence-electron chi connectivity index (χ1n) is 9.69. The number of likely N-dealkylation sites (tertiary alicyclic amines) is 2. The molecule has 0 unspecified atom stereocenters. The zero-order chi connectivity index (χ0) is 21.3. The highest BCUT2D eigenvalue weighted by Crippen LogP contribution is 2.31. The number of pyridine rings is 1. The highest BCUT2D eigenvalue weighted by molar-refractivity contribution is 5.90. The number of carbonyl (C=O) groups is 2. The molecule has 2 aliphatic heterocycles. The molecule has 1 aromatic heterocycles. The molecule has 0 radical (unpaired) electrons. The SMILES string of the molecule is O=C(CC(F)(F)F)N1CC(c2ccc(NC(=O)N3CC(c4cccnc4)C3)cc2)C1. The number of amides is 3. The van der Waals surface area contributed by atoms with E-state index in [1.165, 1.54) is 4.90 Å². The van der Waals surface area contributed by atoms with E-state index < -0.39 is 18.5 Å². The van der Waals surface area contributed by atoms with Crippen molar-refractivity contribution in [3.05, 3.63) is 59.9 Å². The second kappa shape index (κ2) is 7.97. The summed E-state index contributed by atoms with van der Waals surface area (Å²) in [5, 5.41) is 2.85. The topological polar surface area (TPSA) is 65.5 Å². The van der Waals surface area contributed by atoms with E-state index in [2.05, 4.69) is 10.3 Å². The number of hydrogen-bond donors (Lipinski definition) is 1. The van der Waals surface area contributed by atoms with Crippen LogP contribution in [-0.4, -0.2) is 59.1 Å². The molecular formula is C21H21F3N4O2. The maximum absolute atomic E-state index is 12.4. The van der Waals surface area contributed by atoms with Gasteiger partial charge in [0.25, 0.3) is 0 Å². The average Bonchev–Trinajstić information content (AvgIpc) is 2.60. The Kier molecular flexibility index (Phi) is 5.36. The Bertz CT molecular complexity index is 906. The maximum atomic E-state index is 12.4. The van der Waals surface area contributed by atoms with Crippen molar-refractivity contribution >= 4 is 17.6 Å². The monoisotopic (exact) mass is 418 g/mol. The van der Waals surface area contributed by atoms with Gasteiger partial charge < -0.3 is 15.1 Å². The van der Waals surface area contributed by atoms with Crippen molar-refractivity contribution in [1.29, 1.82) is 0 Å². The summed E-state index contributed by atoms with van der Waals surface area (Å²) >= 11 is 0. The second-order valence-electron chi connectivity index (χ2n) is 7.73. The van der Waals surface area contributed by atoms with Crippen molar-refractivity contribution < 1.29 is 22.8 Å². The summed E-state index contributed by atoms with van der Waals surface area (Å²) in [5.74, 6) is -0.572. The number of rotatable bonds is 4. The third-order valence-electron chi connectivity index (χ3n) is 5.54. The largest absolute Gasteiger partial charge is 0.397 e. The Morgan fingerprint density at radius 1 is 0.967 bits per heavy atom. The Balaban J connectivity index is 1.23. The molecule has 9 heteroatoms. The first-order chi connectivity index (χ1) is 14.3. The lowest BCUT2D eigenvalue weighted by molar-refractivity contribution is -0.164. The van der Waals surface area contributed by atoms with Crippen molar-refractivity contribution in [2.75, 3.05) is 31.5 Å². The molecular weight excluding hydrogens is 397 g/mol. The van der Waals surface area contributed by atoms with Gasteiger partial charge in [0, 0.05) is 56.1 Å². The molecule has 2 saturated heterocycles. The summed E-state index contributed by atoms with van der Waals surface area (Å²) in [4.78, 5) is 30.9. The quantitative estimate of drug-likeness (QED) is 0.825. The van der Waals surface area contributed by atoms with Crippen molar-refractivity contribution in [3.63, 3.8) is 0 Å². The van der Waals surface area contributed by atoms with Gasteiger partial charge in [-0.3, -0.25) is 9.78 Å². The van der Waals surface area contributed by atoms with Crippen LogP contribution >= 0.6 is 0 Å². The molecule has 0 aliphatic carbocycles. The van der Waals surface area contributed by atoms with Crippen LogP contribution in [-0.2, 0) is 4.79 Å². The summed E-state index contributed by atoms with van der Waals surface area (Å²) in [5.41, 5.74) is 2.71. The van der Waals surface area contributed by atoms with Gasteiger partial charge in [-0.15, -0.1) is 0 Å². The molecule has 158 valence electrons. The second-order valence-corrected chi connectivity index (χ2v) is 7.73. The fourth-order valence-electron chi connectivity index (χ4n) is 3.69. The van der Waals surface area contributed by atoms with Crippen LogP contribution in [0.2, 0.25) is 0 Å². The first-order valence-corrected chi connectivity index (χ1v) is 9.69. The van der Waals surface area contributed by atoms with Crippen molar-refractivity contribution in [1.82, 2.24) is 14.8 Å². The van der Waals surface area contributed by atoms with Gasteiger partial charge in [-0.25, -0.2) is 4.79 Å². The third kappa shape index (κ3) is 4.55. The lowest BCUT2D eigenvalue weighted by Gasteiger charge is -2.40. The summed E-state index contributed by atoms with van der Waals surface area (Å²) in [6.07, 6.45) is -2.35. The van der Waals surface area contributed by atoms with Crippen LogP contribution in [0.3, 0.4) is 0 Å². The van der Waals surface area contributed by atoms with Gasteiger partial charge in [0.2, 0.25) is 5.91 Å². The standard InChI is InChI=1S/C21H21F3N4O2/c22-21(23,24)8-19(29)27-10-16(11-27)14-3-5-18(6-4-14)26-20(30)28-12-17(13-28)15-2-1-7-25-9-15/h1-7,9,16-17H,8,10-13H2,(H,26,30). The van der Waals surface area contributed by atoms with Gasteiger partial charge in [-0.05, 0) is 29.3 Å². The Morgan fingerprint density at radius 2 is 1.60 bits per heavy atom. The molecule has 30 heavy (non-hydrogen) atoms. The number of benzene rings is 1. The van der Waals surface area contributed by atoms with Crippen LogP contribution in [0.15, 0.2) is 48.8 Å². The van der Waals surface area contributed by atoms with E-state index in [0.29, 0.717) is 24.7 Å². The van der Waals surface area contributed by atoms with E-state index in [0.717, 1.165) is 11.1 Å². The molecule has 0 bridgehead atoms. The van der Waals surface area contributed by atoms with E-state index in [-0.39, 0.29) is 25.0 Å². The lowest BCUT2D eigenvalue weighted by Crippen LogP contribution is -2.50. The minimum Gasteiger partial charge on any atom is -0.341 e. The van der Waals surface area contributed by atoms with Gasteiger partial charge in [0.05, 0.1) is 0 Å². The third-order valence-corrected chi connectivity index (χ3v) is 5.54. The van der Waals surface area contributed by atoms with Gasteiger partial charge in [0.15, 0.2) is 0 Å². The Hall–Kier alpha value is -3.10. The Morgan fingerprint density at radius 3 is 2.20 bits per heavy atom. The molecule has 3 amide bonds. The zero-order valence-electron chi connectivity index (χ0n) is 16.1. The number of halogens is 3. The van der Waals surface area contributed by atoms with Crippen LogP contribution < -0.4 is 5.32 Å². The molecule has 6 nitrogen and oxygen atoms in total. The molecule has 2 aromatic rings. The summed E-state index contributed by atoms with van der Waals surface area (Å²) < 4.78 is 36.9. The van der Waals surface area contributed by atoms with Gasteiger partial charge in [-0.2, -0.15) is 13.2 Å². The van der Waals surface area contributed by atoms with E-state index in [4.69, 9.17) is 0 Å². The number of aromatic nitrogens is 1. The van der Waals surface area contributed by atoms with E-state index in [9.17, 15) is 22.8 Å². The molecule has 2 fully saturated rings. The van der Waals surface area contributed by atoms with Crippen molar-refractivity contribution in [2.24, 2.45) is 0 Å². The number of hydrogen-bond acceptors (Lipinski definition) is 3. The summed E-state index contributed by atoms with van der Waals surface area (Å²) in [6.45, 7) is 1.84. The zero-order valence-corrected chi connectivity index (χ0v) is 16.1. The first kappa shape index (κ1) is 20.2. The van der Waals surface area contributed by atoms with E-state index >= 15 is 0 Å². The predicted octanol–water partition coefficient (Wildman–Crippen LogP) is 3.59. The highest BCUT2D eigenvalue weighted by Gasteiger charge is 2.38. The van der Waals surface area contributed by atoms with Crippen LogP contribution in [0.5, 0.6) is 0 Å². The molecule has 3 heterocycles. The highest BCUT2D eigenvalue weighted by atomic mass is 19.4. The number of nitrogens with one attached hydrogen (secondary N) is 1. The fraction of sp³-hybridized carbons (Fsp3) is 0.381. The minimum atomic E-state index is -4.48. The van der Waals surface area contributed by atoms with Crippen LogP contribution in [0, 0.1) is 0 Å². The lowest BCUT2D eigenvalue weighted by atomic mass is 9.91. The number of urea groups is 1. The molecule has 4 rings (SSSR count). The average molecular weight is 418 g/mol. The molecule has 1 aromatic carbocycles.